The number of nitro groups is 1. The first kappa shape index (κ1) is 15.1. The molecule has 4 rings (SSSR count). The molecule has 122 valence electrons. The minimum absolute atomic E-state index is 0.132. The Morgan fingerprint density at radius 3 is 2.48 bits per heavy atom. The lowest BCUT2D eigenvalue weighted by atomic mass is 10.0. The molecule has 0 radical (unpaired) electrons. The summed E-state index contributed by atoms with van der Waals surface area (Å²) >= 11 is 0. The Balaban J connectivity index is 1.87. The average molecular weight is 328 g/mol. The molecule has 0 amide bonds. The molecule has 0 N–H and O–H groups in total. The third-order valence-corrected chi connectivity index (χ3v) is 4.38. The topological polar surface area (TPSA) is 48.1 Å². The van der Waals surface area contributed by atoms with Crippen molar-refractivity contribution in [2.75, 3.05) is 0 Å². The van der Waals surface area contributed by atoms with Crippen molar-refractivity contribution in [3.8, 4) is 16.8 Å². The molecule has 0 aliphatic heterocycles. The van der Waals surface area contributed by atoms with Crippen LogP contribution in [0.5, 0.6) is 0 Å². The SMILES string of the molecule is Cc1ccc([N+](=O)[O-])c(-c2ccc3c(ccn3-c3ccccc3)c2)c1. The summed E-state index contributed by atoms with van der Waals surface area (Å²) in [6.07, 6.45) is 2.02. The Kier molecular flexibility index (Phi) is 3.58. The van der Waals surface area contributed by atoms with Crippen LogP contribution in [0.3, 0.4) is 0 Å². The summed E-state index contributed by atoms with van der Waals surface area (Å²) in [5, 5.41) is 12.4. The zero-order valence-corrected chi connectivity index (χ0v) is 13.7. The van der Waals surface area contributed by atoms with E-state index in [1.54, 1.807) is 12.1 Å². The van der Waals surface area contributed by atoms with Crippen molar-refractivity contribution >= 4 is 16.6 Å². The van der Waals surface area contributed by atoms with Crippen molar-refractivity contribution in [1.29, 1.82) is 0 Å². The largest absolute Gasteiger partial charge is 0.317 e. The van der Waals surface area contributed by atoms with E-state index in [4.69, 9.17) is 0 Å². The number of hydrogen-bond donors (Lipinski definition) is 0. The van der Waals surface area contributed by atoms with Crippen molar-refractivity contribution in [3.05, 3.63) is 94.7 Å². The van der Waals surface area contributed by atoms with Crippen LogP contribution in [-0.4, -0.2) is 9.49 Å². The van der Waals surface area contributed by atoms with Gasteiger partial charge < -0.3 is 4.57 Å². The molecule has 4 aromatic rings. The first-order valence-electron chi connectivity index (χ1n) is 8.05. The highest BCUT2D eigenvalue weighted by atomic mass is 16.6. The summed E-state index contributed by atoms with van der Waals surface area (Å²) in [5.41, 5.74) is 4.81. The van der Waals surface area contributed by atoms with Crippen molar-refractivity contribution in [1.82, 2.24) is 4.57 Å². The van der Waals surface area contributed by atoms with Gasteiger partial charge in [-0.3, -0.25) is 10.1 Å². The smallest absolute Gasteiger partial charge is 0.277 e. The quantitative estimate of drug-likeness (QED) is 0.367. The fraction of sp³-hybridized carbons (Fsp3) is 0.0476. The lowest BCUT2D eigenvalue weighted by Gasteiger charge is -2.08. The first-order chi connectivity index (χ1) is 12.1. The van der Waals surface area contributed by atoms with Crippen LogP contribution in [0.25, 0.3) is 27.7 Å². The fourth-order valence-corrected chi connectivity index (χ4v) is 3.16. The van der Waals surface area contributed by atoms with Gasteiger partial charge in [-0.2, -0.15) is 0 Å². The molecule has 1 aromatic heterocycles. The van der Waals surface area contributed by atoms with Gasteiger partial charge in [-0.25, -0.2) is 0 Å². The fourth-order valence-electron chi connectivity index (χ4n) is 3.16. The molecule has 25 heavy (non-hydrogen) atoms. The summed E-state index contributed by atoms with van der Waals surface area (Å²) in [4.78, 5) is 11.0. The standard InChI is InChI=1S/C21H16N2O2/c1-15-7-9-21(23(24)25)19(13-15)16-8-10-20-17(14-16)11-12-22(20)18-5-3-2-4-6-18/h2-14H,1H3. The molecule has 0 saturated carbocycles. The van der Waals surface area contributed by atoms with E-state index in [0.717, 1.165) is 27.7 Å². The minimum atomic E-state index is -0.325. The van der Waals surface area contributed by atoms with E-state index in [2.05, 4.69) is 16.7 Å². The van der Waals surface area contributed by atoms with Crippen LogP contribution in [0.1, 0.15) is 5.56 Å². The molecule has 4 nitrogen and oxygen atoms in total. The zero-order valence-electron chi connectivity index (χ0n) is 13.7. The van der Waals surface area contributed by atoms with Crippen molar-refractivity contribution < 1.29 is 4.92 Å². The van der Waals surface area contributed by atoms with Crippen LogP contribution in [0.2, 0.25) is 0 Å². The zero-order chi connectivity index (χ0) is 17.4. The monoisotopic (exact) mass is 328 g/mol. The van der Waals surface area contributed by atoms with Gasteiger partial charge in [-0.05, 0) is 48.9 Å². The van der Waals surface area contributed by atoms with Gasteiger partial charge >= 0.3 is 0 Å². The van der Waals surface area contributed by atoms with Crippen molar-refractivity contribution in [2.45, 2.75) is 6.92 Å². The Hall–Kier alpha value is -3.40. The highest BCUT2D eigenvalue weighted by Gasteiger charge is 2.16. The molecular formula is C21H16N2O2. The predicted molar refractivity (Wildman–Crippen MR) is 100 cm³/mol. The number of benzene rings is 3. The van der Waals surface area contributed by atoms with E-state index >= 15 is 0 Å². The van der Waals surface area contributed by atoms with Gasteiger partial charge in [0.1, 0.15) is 0 Å². The Morgan fingerprint density at radius 1 is 0.920 bits per heavy atom. The molecule has 0 aliphatic rings. The maximum absolute atomic E-state index is 11.4. The summed E-state index contributed by atoms with van der Waals surface area (Å²) < 4.78 is 2.11. The number of hydrogen-bond acceptors (Lipinski definition) is 2. The normalized spacial score (nSPS) is 10.9. The average Bonchev–Trinajstić information content (AvgIpc) is 3.05. The van der Waals surface area contributed by atoms with E-state index in [1.807, 2.05) is 61.7 Å². The van der Waals surface area contributed by atoms with Gasteiger partial charge in [0.25, 0.3) is 5.69 Å². The number of fused-ring (bicyclic) bond motifs is 1. The third kappa shape index (κ3) is 2.68. The Morgan fingerprint density at radius 2 is 1.72 bits per heavy atom. The number of aromatic nitrogens is 1. The molecule has 0 unspecified atom stereocenters. The van der Waals surface area contributed by atoms with E-state index in [0.29, 0.717) is 5.56 Å². The van der Waals surface area contributed by atoms with Gasteiger partial charge in [-0.1, -0.05) is 35.9 Å². The van der Waals surface area contributed by atoms with Crippen molar-refractivity contribution in [3.63, 3.8) is 0 Å². The van der Waals surface area contributed by atoms with Crippen LogP contribution in [-0.2, 0) is 0 Å². The van der Waals surface area contributed by atoms with E-state index in [-0.39, 0.29) is 10.6 Å². The number of aryl methyl sites for hydroxylation is 1. The van der Waals surface area contributed by atoms with Gasteiger partial charge in [0.2, 0.25) is 0 Å². The second-order valence-electron chi connectivity index (χ2n) is 6.07. The van der Waals surface area contributed by atoms with Gasteiger partial charge in [-0.15, -0.1) is 0 Å². The Labute approximate surface area is 145 Å². The molecule has 0 saturated heterocycles. The van der Waals surface area contributed by atoms with Crippen LogP contribution >= 0.6 is 0 Å². The first-order valence-corrected chi connectivity index (χ1v) is 8.05. The molecule has 4 heteroatoms. The van der Waals surface area contributed by atoms with E-state index < -0.39 is 0 Å². The van der Waals surface area contributed by atoms with Gasteiger partial charge in [0, 0.05) is 23.3 Å². The third-order valence-electron chi connectivity index (χ3n) is 4.38. The van der Waals surface area contributed by atoms with Gasteiger partial charge in [0.05, 0.1) is 16.0 Å². The molecule has 0 bridgehead atoms. The highest BCUT2D eigenvalue weighted by molar-refractivity contribution is 5.88. The summed E-state index contributed by atoms with van der Waals surface area (Å²) in [6.45, 7) is 1.94. The van der Waals surface area contributed by atoms with E-state index in [1.165, 1.54) is 0 Å². The maximum atomic E-state index is 11.4. The second-order valence-corrected chi connectivity index (χ2v) is 6.07. The molecule has 1 heterocycles. The lowest BCUT2D eigenvalue weighted by molar-refractivity contribution is -0.384. The van der Waals surface area contributed by atoms with Crippen LogP contribution in [0.15, 0.2) is 79.0 Å². The molecule has 3 aromatic carbocycles. The number of rotatable bonds is 3. The summed E-state index contributed by atoms with van der Waals surface area (Å²) in [6, 6.07) is 23.3. The summed E-state index contributed by atoms with van der Waals surface area (Å²) in [5.74, 6) is 0. The van der Waals surface area contributed by atoms with Crippen LogP contribution in [0, 0.1) is 17.0 Å². The molecular weight excluding hydrogens is 312 g/mol. The maximum Gasteiger partial charge on any atom is 0.277 e. The number of nitro benzene ring substituents is 1. The van der Waals surface area contributed by atoms with Crippen molar-refractivity contribution in [2.24, 2.45) is 0 Å². The van der Waals surface area contributed by atoms with Crippen LogP contribution < -0.4 is 0 Å². The molecule has 0 fully saturated rings. The minimum Gasteiger partial charge on any atom is -0.317 e. The summed E-state index contributed by atoms with van der Waals surface area (Å²) in [7, 11) is 0. The highest BCUT2D eigenvalue weighted by Crippen LogP contribution is 2.33. The molecule has 0 atom stereocenters. The number of nitrogens with zero attached hydrogens (tertiary/aromatic N) is 2. The second kappa shape index (κ2) is 5.91. The lowest BCUT2D eigenvalue weighted by Crippen LogP contribution is -1.93. The predicted octanol–water partition coefficient (Wildman–Crippen LogP) is 5.51. The molecule has 0 aliphatic carbocycles. The van der Waals surface area contributed by atoms with E-state index in [9.17, 15) is 10.1 Å². The number of para-hydroxylation sites is 1. The van der Waals surface area contributed by atoms with Crippen LogP contribution in [0.4, 0.5) is 5.69 Å². The molecule has 0 spiro atoms. The van der Waals surface area contributed by atoms with Gasteiger partial charge in [0.15, 0.2) is 0 Å². The Bertz CT molecular complexity index is 1080.